The van der Waals surface area contributed by atoms with Gasteiger partial charge in [0.15, 0.2) is 0 Å². The van der Waals surface area contributed by atoms with Crippen molar-refractivity contribution < 1.29 is 18.5 Å². The van der Waals surface area contributed by atoms with Crippen LogP contribution in [0.25, 0.3) is 0 Å². The number of rotatable bonds is 14. The number of primary amides is 1. The first kappa shape index (κ1) is 32.9. The van der Waals surface area contributed by atoms with E-state index in [4.69, 9.17) is 5.73 Å². The molecule has 9 nitrogen and oxygen atoms in total. The zero-order chi connectivity index (χ0) is 29.3. The summed E-state index contributed by atoms with van der Waals surface area (Å²) in [5, 5.41) is 6.11. The van der Waals surface area contributed by atoms with Crippen LogP contribution in [0.4, 0.5) is 32.0 Å². The monoisotopic (exact) mass is 637 g/mol. The van der Waals surface area contributed by atoms with Gasteiger partial charge in [-0.25, -0.2) is 9.37 Å². The van der Waals surface area contributed by atoms with Crippen molar-refractivity contribution in [3.8, 4) is 0 Å². The van der Waals surface area contributed by atoms with Gasteiger partial charge in [-0.15, -0.1) is 4.48 Å². The first-order valence-corrected chi connectivity index (χ1v) is 14.4. The van der Waals surface area contributed by atoms with Crippen LogP contribution < -0.4 is 26.6 Å². The van der Waals surface area contributed by atoms with Crippen LogP contribution in [0.5, 0.6) is 0 Å². The summed E-state index contributed by atoms with van der Waals surface area (Å²) in [5.74, 6) is -1.53. The molecule has 1 heterocycles. The number of carbonyl (C=O) groups excluding carboxylic acids is 2. The third-order valence-corrected chi connectivity index (χ3v) is 6.76. The standard InChI is InChI=1S/C25H30BrFN6OS.C2H4FNO/c1-2-3-4-5-6-7-15-30-35-18-13-11-17(12-14-18)31-25-29-16-19(26)24(33-25)32-21-10-8-9-20(27)22(21)23(28)34;1-2(5)4-3/h8-14,16,30H,2-7,15H2,1H3,(H2,28,34)(H2,29,31,32,33);1H3,(H,4,5). The number of nitrogens with one attached hydrogen (secondary N) is 4. The van der Waals surface area contributed by atoms with E-state index in [1.165, 1.54) is 50.7 Å². The molecule has 0 aliphatic rings. The Bertz CT molecular complexity index is 1240. The summed E-state index contributed by atoms with van der Waals surface area (Å²) < 4.78 is 28.5. The van der Waals surface area contributed by atoms with Crippen molar-refractivity contribution in [2.24, 2.45) is 5.73 Å². The van der Waals surface area contributed by atoms with Crippen molar-refractivity contribution in [1.82, 2.24) is 20.2 Å². The molecule has 0 fully saturated rings. The highest BCUT2D eigenvalue weighted by molar-refractivity contribution is 9.10. The van der Waals surface area contributed by atoms with Gasteiger partial charge in [0.1, 0.15) is 11.6 Å². The number of aromatic nitrogens is 2. The molecule has 13 heteroatoms. The Morgan fingerprint density at radius 1 is 1.02 bits per heavy atom. The predicted octanol–water partition coefficient (Wildman–Crippen LogP) is 6.93. The van der Waals surface area contributed by atoms with Gasteiger partial charge in [-0.1, -0.05) is 45.1 Å². The van der Waals surface area contributed by atoms with Gasteiger partial charge in [0.2, 0.25) is 11.9 Å². The summed E-state index contributed by atoms with van der Waals surface area (Å²) in [7, 11) is 0. The number of benzene rings is 2. The van der Waals surface area contributed by atoms with Gasteiger partial charge >= 0.3 is 0 Å². The van der Waals surface area contributed by atoms with Crippen molar-refractivity contribution in [2.45, 2.75) is 57.3 Å². The van der Waals surface area contributed by atoms with Gasteiger partial charge in [-0.05, 0) is 70.7 Å². The van der Waals surface area contributed by atoms with E-state index in [1.807, 2.05) is 24.3 Å². The van der Waals surface area contributed by atoms with Gasteiger partial charge < -0.3 is 16.4 Å². The molecule has 6 N–H and O–H groups in total. The van der Waals surface area contributed by atoms with Crippen LogP contribution in [0, 0.1) is 5.82 Å². The first-order chi connectivity index (χ1) is 19.2. The highest BCUT2D eigenvalue weighted by Crippen LogP contribution is 2.28. The van der Waals surface area contributed by atoms with Gasteiger partial charge in [0.25, 0.3) is 5.91 Å². The Balaban J connectivity index is 0.00000103. The van der Waals surface area contributed by atoms with E-state index < -0.39 is 17.6 Å². The normalized spacial score (nSPS) is 10.3. The lowest BCUT2D eigenvalue weighted by molar-refractivity contribution is -0.123. The summed E-state index contributed by atoms with van der Waals surface area (Å²) in [6, 6.07) is 12.2. The molecule has 0 atom stereocenters. The maximum absolute atomic E-state index is 14.1. The van der Waals surface area contributed by atoms with Crippen molar-refractivity contribution in [2.75, 3.05) is 17.2 Å². The average molecular weight is 639 g/mol. The molecular formula is C27H34BrF2N7O2S. The lowest BCUT2D eigenvalue weighted by atomic mass is 10.1. The highest BCUT2D eigenvalue weighted by Gasteiger charge is 2.16. The molecule has 0 aliphatic carbocycles. The third-order valence-electron chi connectivity index (χ3n) is 5.32. The molecule has 3 aromatic rings. The molecule has 2 aromatic carbocycles. The summed E-state index contributed by atoms with van der Waals surface area (Å²) >= 11 is 5.00. The van der Waals surface area contributed by atoms with Crippen LogP contribution in [-0.2, 0) is 4.79 Å². The van der Waals surface area contributed by atoms with Crippen molar-refractivity contribution in [1.29, 1.82) is 0 Å². The summed E-state index contributed by atoms with van der Waals surface area (Å²) in [4.78, 5) is 30.8. The van der Waals surface area contributed by atoms with Crippen molar-refractivity contribution in [3.63, 3.8) is 0 Å². The summed E-state index contributed by atoms with van der Waals surface area (Å²) in [6.45, 7) is 4.32. The van der Waals surface area contributed by atoms with Crippen LogP contribution >= 0.6 is 27.9 Å². The molecule has 3 rings (SSSR count). The van der Waals surface area contributed by atoms with Gasteiger partial charge in [-0.3, -0.25) is 14.3 Å². The minimum Gasteiger partial charge on any atom is -0.365 e. The maximum atomic E-state index is 14.1. The fourth-order valence-electron chi connectivity index (χ4n) is 3.37. The van der Waals surface area contributed by atoms with Crippen molar-refractivity contribution >= 4 is 62.8 Å². The molecule has 216 valence electrons. The topological polar surface area (TPSA) is 134 Å². The van der Waals surface area contributed by atoms with Crippen LogP contribution in [-0.4, -0.2) is 28.3 Å². The number of hydrogen-bond donors (Lipinski definition) is 5. The summed E-state index contributed by atoms with van der Waals surface area (Å²) in [5.41, 5.74) is 7.04. The van der Waals surface area contributed by atoms with Crippen LogP contribution in [0.1, 0.15) is 62.7 Å². The second-order valence-corrected chi connectivity index (χ2v) is 10.4. The van der Waals surface area contributed by atoms with Crippen LogP contribution in [0.15, 0.2) is 58.0 Å². The Morgan fingerprint density at radius 3 is 2.35 bits per heavy atom. The smallest absolute Gasteiger partial charge is 0.253 e. The zero-order valence-electron chi connectivity index (χ0n) is 22.4. The second kappa shape index (κ2) is 18.1. The number of anilines is 4. The number of nitrogens with two attached hydrogens (primary N) is 1. The number of nitrogens with zero attached hydrogens (tertiary/aromatic N) is 2. The number of hydrogen-bond acceptors (Lipinski definition) is 8. The Labute approximate surface area is 245 Å². The number of halogens is 3. The average Bonchev–Trinajstić information content (AvgIpc) is 2.93. The van der Waals surface area contributed by atoms with E-state index in [9.17, 15) is 18.5 Å². The largest absolute Gasteiger partial charge is 0.365 e. The fourth-order valence-corrected chi connectivity index (χ4v) is 4.34. The molecule has 0 bridgehead atoms. The van der Waals surface area contributed by atoms with Gasteiger partial charge in [0, 0.05) is 30.2 Å². The van der Waals surface area contributed by atoms with E-state index in [0.717, 1.165) is 29.6 Å². The van der Waals surface area contributed by atoms with Gasteiger partial charge in [0.05, 0.1) is 15.7 Å². The molecule has 0 unspecified atom stereocenters. The molecule has 40 heavy (non-hydrogen) atoms. The fraction of sp³-hybridized carbons (Fsp3) is 0.333. The van der Waals surface area contributed by atoms with Crippen LogP contribution in [0.3, 0.4) is 0 Å². The molecule has 2 amide bonds. The number of unbranched alkanes of at least 4 members (excludes halogenated alkanes) is 5. The highest BCUT2D eigenvalue weighted by atomic mass is 79.9. The lowest BCUT2D eigenvalue weighted by Gasteiger charge is -2.13. The predicted molar refractivity (Wildman–Crippen MR) is 160 cm³/mol. The quantitative estimate of drug-likeness (QED) is 0.0730. The van der Waals surface area contributed by atoms with Gasteiger partial charge in [-0.2, -0.15) is 10.5 Å². The molecule has 0 spiro atoms. The van der Waals surface area contributed by atoms with E-state index in [2.05, 4.69) is 48.2 Å². The molecule has 1 aromatic heterocycles. The Morgan fingerprint density at radius 2 is 1.70 bits per heavy atom. The number of amides is 2. The molecular weight excluding hydrogens is 604 g/mol. The lowest BCUT2D eigenvalue weighted by Crippen LogP contribution is -2.16. The molecule has 0 aliphatic heterocycles. The Kier molecular flexibility index (Phi) is 14.9. The van der Waals surface area contributed by atoms with E-state index in [0.29, 0.717) is 16.2 Å². The van der Waals surface area contributed by atoms with E-state index >= 15 is 0 Å². The van der Waals surface area contributed by atoms with Crippen molar-refractivity contribution in [3.05, 3.63) is 64.5 Å². The second-order valence-electron chi connectivity index (χ2n) is 8.61. The summed E-state index contributed by atoms with van der Waals surface area (Å²) in [6.07, 6.45) is 9.26. The minimum absolute atomic E-state index is 0.220. The first-order valence-electron chi connectivity index (χ1n) is 12.8. The molecule has 0 saturated carbocycles. The van der Waals surface area contributed by atoms with Crippen LogP contribution in [0.2, 0.25) is 0 Å². The Hall–Kier alpha value is -3.29. The number of carbonyl (C=O) groups is 2. The SMILES string of the molecule is CC(=O)NF.CCCCCCCCNSc1ccc(Nc2ncc(Br)c(Nc3cccc(F)c3C(N)=O)n2)cc1. The van der Waals surface area contributed by atoms with E-state index in [1.54, 1.807) is 24.2 Å². The third kappa shape index (κ3) is 11.8. The van der Waals surface area contributed by atoms with E-state index in [-0.39, 0.29) is 11.3 Å². The zero-order valence-corrected chi connectivity index (χ0v) is 24.8. The minimum atomic E-state index is -0.867. The molecule has 0 saturated heterocycles. The maximum Gasteiger partial charge on any atom is 0.253 e. The molecule has 0 radical (unpaired) electrons.